The van der Waals surface area contributed by atoms with Gasteiger partial charge in [0.2, 0.25) is 0 Å². The Labute approximate surface area is 339 Å². The maximum absolute atomic E-state index is 14.4. The maximum Gasteiger partial charge on any atom is 0.408 e. The van der Waals surface area contributed by atoms with Crippen LogP contribution in [0.1, 0.15) is 80.2 Å². The number of ether oxygens (including phenoxy) is 5. The molecular formula is C42H58N4O10S. The predicted molar refractivity (Wildman–Crippen MR) is 212 cm³/mol. The van der Waals surface area contributed by atoms with Crippen molar-refractivity contribution in [2.24, 2.45) is 23.7 Å². The van der Waals surface area contributed by atoms with Crippen LogP contribution in [0.15, 0.2) is 29.6 Å². The number of aliphatic hydroxyl groups excluding tert-OH is 1. The van der Waals surface area contributed by atoms with Crippen LogP contribution in [-0.4, -0.2) is 118 Å². The van der Waals surface area contributed by atoms with Crippen LogP contribution in [0, 0.1) is 35.5 Å². The van der Waals surface area contributed by atoms with Crippen molar-refractivity contribution in [3.8, 4) is 23.1 Å². The number of rotatable bonds is 8. The fourth-order valence-corrected chi connectivity index (χ4v) is 9.09. The lowest BCUT2D eigenvalue weighted by Gasteiger charge is -2.47. The van der Waals surface area contributed by atoms with Gasteiger partial charge in [0.05, 0.1) is 23.9 Å². The van der Waals surface area contributed by atoms with Gasteiger partial charge in [-0.25, -0.2) is 4.79 Å². The highest BCUT2D eigenvalue weighted by molar-refractivity contribution is 7.03. The van der Waals surface area contributed by atoms with Crippen LogP contribution in [0.4, 0.5) is 4.79 Å². The van der Waals surface area contributed by atoms with Gasteiger partial charge in [-0.15, -0.1) is 5.10 Å². The van der Waals surface area contributed by atoms with Crippen molar-refractivity contribution < 1.29 is 48.0 Å². The molecule has 15 heteroatoms. The van der Waals surface area contributed by atoms with E-state index in [-0.39, 0.29) is 37.4 Å². The second-order valence-electron chi connectivity index (χ2n) is 16.5. The monoisotopic (exact) mass is 810 g/mol. The largest absolute Gasteiger partial charge is 0.458 e. The van der Waals surface area contributed by atoms with E-state index in [9.17, 15) is 24.3 Å². The van der Waals surface area contributed by atoms with Gasteiger partial charge < -0.3 is 39.0 Å². The lowest BCUT2D eigenvalue weighted by molar-refractivity contribution is -0.296. The van der Waals surface area contributed by atoms with Crippen molar-refractivity contribution in [1.29, 1.82) is 0 Å². The lowest BCUT2D eigenvalue weighted by Crippen LogP contribution is -2.60. The second-order valence-corrected chi connectivity index (χ2v) is 17.1. The molecule has 0 aliphatic carbocycles. The molecule has 0 radical (unpaired) electrons. The summed E-state index contributed by atoms with van der Waals surface area (Å²) in [7, 11) is 3.73. The van der Waals surface area contributed by atoms with E-state index in [0.29, 0.717) is 12.8 Å². The fraction of sp³-hybridized carbons (Fsp3) is 0.667. The number of nitrogens with one attached hydrogen (secondary N) is 1. The highest BCUT2D eigenvalue weighted by atomic mass is 32.1. The average Bonchev–Trinajstić information content (AvgIpc) is 3.83. The molecule has 2 aromatic rings. The van der Waals surface area contributed by atoms with E-state index in [4.69, 9.17) is 23.7 Å². The quantitative estimate of drug-likeness (QED) is 0.215. The van der Waals surface area contributed by atoms with Crippen LogP contribution in [-0.2, 0) is 44.5 Å². The van der Waals surface area contributed by atoms with Gasteiger partial charge in [-0.1, -0.05) is 68.3 Å². The van der Waals surface area contributed by atoms with Crippen molar-refractivity contribution in [1.82, 2.24) is 19.8 Å². The number of esters is 1. The first-order valence-electron chi connectivity index (χ1n) is 19.8. The van der Waals surface area contributed by atoms with E-state index < -0.39 is 83.4 Å². The number of amides is 1. The van der Waals surface area contributed by atoms with Crippen LogP contribution in [0.5, 0.6) is 0 Å². The number of Topliss-reactive ketones (excluding diaryl/α,β-unsaturated/α-hetero) is 2. The summed E-state index contributed by atoms with van der Waals surface area (Å²) in [6.07, 6.45) is -4.04. The van der Waals surface area contributed by atoms with Crippen molar-refractivity contribution in [2.75, 3.05) is 20.7 Å². The molecule has 3 aliphatic heterocycles. The Bertz CT molecular complexity index is 1800. The third-order valence-corrected chi connectivity index (χ3v) is 12.5. The highest BCUT2D eigenvalue weighted by Gasteiger charge is 2.57. The average molecular weight is 811 g/mol. The van der Waals surface area contributed by atoms with Crippen LogP contribution >= 0.6 is 11.5 Å². The Hall–Kier alpha value is -3.78. The molecular weight excluding hydrogens is 753 g/mol. The number of benzene rings is 1. The summed E-state index contributed by atoms with van der Waals surface area (Å²) in [4.78, 5) is 57.3. The SMILES string of the molecule is CC[C@H]1OC(=O)[C@H](C)C(=O)[C@H](C)[C@@H](O[C@@H]2O[C@H](C)C[C@H](N(C)C)[C@H]2O)[C@](C)(OCC#CCc2ccc(-c3csnn3)cc2)C[C@@H](C)C(=O)[C@H](C)[C@H]2NC(=O)O[C@@]21C. The summed E-state index contributed by atoms with van der Waals surface area (Å²) in [6, 6.07) is 6.74. The van der Waals surface area contributed by atoms with Gasteiger partial charge in [0.15, 0.2) is 17.7 Å². The third-order valence-electron chi connectivity index (χ3n) is 12.0. The minimum absolute atomic E-state index is 0.0663. The molecule has 5 rings (SSSR count). The van der Waals surface area contributed by atoms with E-state index in [2.05, 4.69) is 26.7 Å². The molecule has 1 amide bonds. The summed E-state index contributed by atoms with van der Waals surface area (Å²) in [5, 5.41) is 20.4. The Balaban J connectivity index is 1.50. The number of cyclic esters (lactones) is 1. The van der Waals surface area contributed by atoms with Crippen LogP contribution < -0.4 is 5.32 Å². The molecule has 0 saturated carbocycles. The number of carbonyl (C=O) groups excluding carboxylic acids is 4. The van der Waals surface area contributed by atoms with E-state index in [1.165, 1.54) is 18.5 Å². The molecule has 3 saturated heterocycles. The molecule has 0 unspecified atom stereocenters. The van der Waals surface area contributed by atoms with Gasteiger partial charge in [-0.2, -0.15) is 0 Å². The summed E-state index contributed by atoms with van der Waals surface area (Å²) in [5.41, 5.74) is -0.0307. The van der Waals surface area contributed by atoms with E-state index in [1.807, 2.05) is 55.6 Å². The number of likely N-dealkylation sites (N-methyl/N-ethyl adjacent to an activating group) is 1. The number of aromatic nitrogens is 2. The van der Waals surface area contributed by atoms with Gasteiger partial charge in [0, 0.05) is 41.2 Å². The van der Waals surface area contributed by atoms with Crippen LogP contribution in [0.2, 0.25) is 0 Å². The van der Waals surface area contributed by atoms with Crippen LogP contribution in [0.25, 0.3) is 11.3 Å². The summed E-state index contributed by atoms with van der Waals surface area (Å²) < 4.78 is 35.2. The molecule has 2 N–H and O–H groups in total. The van der Waals surface area contributed by atoms with E-state index in [1.54, 1.807) is 41.5 Å². The number of ketones is 2. The second kappa shape index (κ2) is 18.4. The number of nitrogens with zero attached hydrogens (tertiary/aromatic N) is 3. The standard InChI is InChI=1S/C42H58N4O10S/c1-11-32-42(8)36(43-40(51)56-42)25(4)33(47)23(2)21-41(7,52-19-13-12-14-28-15-17-29(18-16-28)30-22-57-45-44-30)37(26(5)34(48)27(6)38(50)54-32)55-39-35(49)31(46(9)10)20-24(3)53-39/h15-18,22-27,31-32,35-37,39,49H,11,14,19-21H2,1-10H3,(H,43,51)/t23-,24-,25+,26+,27-,31+,32-,35-,36-,37-,39+,41-,42-/m1/s1. The summed E-state index contributed by atoms with van der Waals surface area (Å²) in [5.74, 6) is 1.05. The summed E-state index contributed by atoms with van der Waals surface area (Å²) in [6.45, 7) is 13.6. The van der Waals surface area contributed by atoms with E-state index in [0.717, 1.165) is 16.8 Å². The Morgan fingerprint density at radius 3 is 2.35 bits per heavy atom. The molecule has 3 aliphatic rings. The summed E-state index contributed by atoms with van der Waals surface area (Å²) >= 11 is 1.29. The van der Waals surface area contributed by atoms with Crippen molar-refractivity contribution in [3.63, 3.8) is 0 Å². The molecule has 4 heterocycles. The Kier molecular flexibility index (Phi) is 14.3. The fourth-order valence-electron chi connectivity index (χ4n) is 8.63. The van der Waals surface area contributed by atoms with Crippen molar-refractivity contribution in [2.45, 2.75) is 135 Å². The zero-order chi connectivity index (χ0) is 41.8. The zero-order valence-corrected chi connectivity index (χ0v) is 35.5. The lowest BCUT2D eigenvalue weighted by atomic mass is 9.73. The molecule has 57 heavy (non-hydrogen) atoms. The minimum atomic E-state index is -1.39. The number of aliphatic hydroxyl groups is 1. The van der Waals surface area contributed by atoms with E-state index >= 15 is 0 Å². The van der Waals surface area contributed by atoms with Gasteiger partial charge in [-0.3, -0.25) is 14.4 Å². The van der Waals surface area contributed by atoms with Gasteiger partial charge in [0.1, 0.15) is 36.2 Å². The van der Waals surface area contributed by atoms with Crippen LogP contribution in [0.3, 0.4) is 0 Å². The highest BCUT2D eigenvalue weighted by Crippen LogP contribution is 2.40. The van der Waals surface area contributed by atoms with Gasteiger partial charge >= 0.3 is 12.1 Å². The predicted octanol–water partition coefficient (Wildman–Crippen LogP) is 4.61. The topological polar surface area (TPSA) is 176 Å². The molecule has 3 fully saturated rings. The first-order valence-corrected chi connectivity index (χ1v) is 20.6. The Morgan fingerprint density at radius 2 is 1.72 bits per heavy atom. The first kappa shape index (κ1) is 44.3. The molecule has 14 nitrogen and oxygen atoms in total. The molecule has 0 spiro atoms. The molecule has 1 aromatic carbocycles. The normalized spacial score (nSPS) is 36.7. The number of hydrogen-bond acceptors (Lipinski definition) is 14. The molecule has 13 atom stereocenters. The van der Waals surface area contributed by atoms with Gasteiger partial charge in [-0.05, 0) is 78.1 Å². The number of fused-ring (bicyclic) bond motifs is 1. The third kappa shape index (κ3) is 9.75. The van der Waals surface area contributed by atoms with Gasteiger partial charge in [0.25, 0.3) is 0 Å². The number of carbonyl (C=O) groups is 4. The van der Waals surface area contributed by atoms with Crippen molar-refractivity contribution >= 4 is 35.2 Å². The first-order chi connectivity index (χ1) is 26.9. The maximum atomic E-state index is 14.4. The molecule has 312 valence electrons. The molecule has 0 bridgehead atoms. The number of hydrogen-bond donors (Lipinski definition) is 2. The number of alkyl carbamates (subject to hydrolysis) is 1. The smallest absolute Gasteiger partial charge is 0.408 e. The molecule has 1 aromatic heterocycles. The minimum Gasteiger partial charge on any atom is -0.458 e. The Morgan fingerprint density at radius 1 is 1.02 bits per heavy atom. The van der Waals surface area contributed by atoms with Crippen molar-refractivity contribution in [3.05, 3.63) is 35.2 Å². The zero-order valence-electron chi connectivity index (χ0n) is 34.6.